The average Bonchev–Trinajstić information content (AvgIpc) is 2.78. The molecule has 0 bridgehead atoms. The third kappa shape index (κ3) is 1.10. The molecule has 0 aromatic heterocycles. The molecular weight excluding hydrogens is 202 g/mol. The molecule has 3 rings (SSSR count). The van der Waals surface area contributed by atoms with Crippen LogP contribution in [0.5, 0.6) is 0 Å². The quantitative estimate of drug-likeness (QED) is 0.696. The highest BCUT2D eigenvalue weighted by atomic mass is 16.2. The van der Waals surface area contributed by atoms with Crippen LogP contribution in [0.4, 0.5) is 11.4 Å². The van der Waals surface area contributed by atoms with Gasteiger partial charge >= 0.3 is 0 Å². The number of guanidine groups is 1. The summed E-state index contributed by atoms with van der Waals surface area (Å²) < 4.78 is 0. The summed E-state index contributed by atoms with van der Waals surface area (Å²) in [6, 6.07) is 7.99. The highest BCUT2D eigenvalue weighted by Crippen LogP contribution is 2.38. The van der Waals surface area contributed by atoms with Gasteiger partial charge < -0.3 is 9.80 Å². The van der Waals surface area contributed by atoms with Crippen molar-refractivity contribution in [2.45, 2.75) is 0 Å². The largest absolute Gasteiger partial charge is 0.306 e. The second kappa shape index (κ2) is 3.20. The molecule has 2 heterocycles. The lowest BCUT2D eigenvalue weighted by molar-refractivity contribution is -0.115. The topological polar surface area (TPSA) is 35.9 Å². The van der Waals surface area contributed by atoms with Crippen molar-refractivity contribution in [3.63, 3.8) is 0 Å². The van der Waals surface area contributed by atoms with Gasteiger partial charge in [0.2, 0.25) is 5.96 Å². The van der Waals surface area contributed by atoms with Gasteiger partial charge in [-0.25, -0.2) is 0 Å². The summed E-state index contributed by atoms with van der Waals surface area (Å²) >= 11 is 0. The van der Waals surface area contributed by atoms with E-state index in [1.165, 1.54) is 0 Å². The van der Waals surface area contributed by atoms with E-state index in [0.29, 0.717) is 13.1 Å². The molecule has 0 aliphatic carbocycles. The van der Waals surface area contributed by atoms with Crippen molar-refractivity contribution < 1.29 is 4.79 Å². The molecule has 0 spiro atoms. The summed E-state index contributed by atoms with van der Waals surface area (Å²) in [7, 11) is 0. The number of benzene rings is 1. The lowest BCUT2D eigenvalue weighted by Crippen LogP contribution is -2.35. The maximum absolute atomic E-state index is 11.3. The summed E-state index contributed by atoms with van der Waals surface area (Å²) in [6.45, 7) is 4.74. The first-order chi connectivity index (χ1) is 7.81. The Balaban J connectivity index is 2.13. The normalized spacial score (nSPS) is 17.2. The summed E-state index contributed by atoms with van der Waals surface area (Å²) in [4.78, 5) is 19.3. The van der Waals surface area contributed by atoms with Gasteiger partial charge in [-0.1, -0.05) is 18.2 Å². The number of fused-ring (bicyclic) bond motifs is 3. The molecule has 1 aromatic rings. The Morgan fingerprint density at radius 3 is 2.88 bits per heavy atom. The molecule has 16 heavy (non-hydrogen) atoms. The van der Waals surface area contributed by atoms with Crippen LogP contribution in [0.15, 0.2) is 41.9 Å². The number of nitrogens with zero attached hydrogens (tertiary/aromatic N) is 3. The summed E-state index contributed by atoms with van der Waals surface area (Å²) in [5.74, 6) is 0.643. The second-order valence-corrected chi connectivity index (χ2v) is 3.78. The number of amides is 1. The number of carbonyl (C=O) groups excluding carboxylic acids is 1. The Morgan fingerprint density at radius 2 is 2.12 bits per heavy atom. The molecule has 2 aliphatic heterocycles. The van der Waals surface area contributed by atoms with Crippen LogP contribution < -0.4 is 9.80 Å². The van der Waals surface area contributed by atoms with Crippen LogP contribution in [0.1, 0.15) is 0 Å². The van der Waals surface area contributed by atoms with E-state index < -0.39 is 0 Å². The first kappa shape index (κ1) is 9.15. The minimum Gasteiger partial charge on any atom is -0.306 e. The highest BCUT2D eigenvalue weighted by molar-refractivity contribution is 6.24. The van der Waals surface area contributed by atoms with Gasteiger partial charge in [-0.3, -0.25) is 4.79 Å². The average molecular weight is 213 g/mol. The third-order valence-corrected chi connectivity index (χ3v) is 2.78. The van der Waals surface area contributed by atoms with E-state index in [0.717, 1.165) is 17.3 Å². The SMILES string of the molecule is C=CCN1C2=NC(=O)CN2c2ccccc21. The Kier molecular flexibility index (Phi) is 1.83. The summed E-state index contributed by atoms with van der Waals surface area (Å²) in [5, 5.41) is 0. The third-order valence-electron chi connectivity index (χ3n) is 2.78. The van der Waals surface area contributed by atoms with Crippen LogP contribution in [0.3, 0.4) is 0 Å². The first-order valence-electron chi connectivity index (χ1n) is 5.18. The molecule has 1 amide bonds. The Hall–Kier alpha value is -2.10. The zero-order valence-corrected chi connectivity index (χ0v) is 8.76. The number of rotatable bonds is 2. The Labute approximate surface area is 93.5 Å². The zero-order chi connectivity index (χ0) is 11.1. The molecule has 1 aromatic carbocycles. The van der Waals surface area contributed by atoms with Gasteiger partial charge in [0.15, 0.2) is 0 Å². The van der Waals surface area contributed by atoms with Gasteiger partial charge in [0, 0.05) is 6.54 Å². The van der Waals surface area contributed by atoms with Crippen LogP contribution >= 0.6 is 0 Å². The predicted octanol–water partition coefficient (Wildman–Crippen LogP) is 1.40. The molecule has 0 unspecified atom stereocenters. The van der Waals surface area contributed by atoms with E-state index >= 15 is 0 Å². The Bertz CT molecular complexity index is 507. The number of hydrogen-bond acceptors (Lipinski definition) is 3. The Morgan fingerprint density at radius 1 is 1.38 bits per heavy atom. The number of aliphatic imine (C=N–C) groups is 1. The van der Waals surface area contributed by atoms with E-state index in [9.17, 15) is 4.79 Å². The van der Waals surface area contributed by atoms with Crippen molar-refractivity contribution in [3.8, 4) is 0 Å². The lowest BCUT2D eigenvalue weighted by Gasteiger charge is -2.16. The minimum atomic E-state index is -0.0847. The number of anilines is 2. The molecular formula is C12H11N3O. The van der Waals surface area contributed by atoms with Gasteiger partial charge in [0.05, 0.1) is 11.4 Å². The molecule has 0 saturated heterocycles. The molecule has 0 fully saturated rings. The maximum atomic E-state index is 11.3. The van der Waals surface area contributed by atoms with Crippen LogP contribution in [0.2, 0.25) is 0 Å². The van der Waals surface area contributed by atoms with E-state index in [1.807, 2.05) is 40.1 Å². The molecule has 4 heteroatoms. The fourth-order valence-electron chi connectivity index (χ4n) is 2.15. The molecule has 0 atom stereocenters. The maximum Gasteiger partial charge on any atom is 0.268 e. The number of hydrogen-bond donors (Lipinski definition) is 0. The number of carbonyl (C=O) groups is 1. The lowest BCUT2D eigenvalue weighted by atomic mass is 10.2. The highest BCUT2D eigenvalue weighted by Gasteiger charge is 2.37. The van der Waals surface area contributed by atoms with E-state index in [2.05, 4.69) is 11.6 Å². The van der Waals surface area contributed by atoms with Crippen LogP contribution in [0.25, 0.3) is 0 Å². The molecule has 0 N–H and O–H groups in total. The molecule has 0 saturated carbocycles. The van der Waals surface area contributed by atoms with Crippen molar-refractivity contribution in [2.24, 2.45) is 4.99 Å². The van der Waals surface area contributed by atoms with Gasteiger partial charge in [-0.2, -0.15) is 4.99 Å². The smallest absolute Gasteiger partial charge is 0.268 e. The van der Waals surface area contributed by atoms with Crippen molar-refractivity contribution in [2.75, 3.05) is 22.9 Å². The standard InChI is InChI=1S/C12H11N3O/c1-2-7-14-9-5-3-4-6-10(9)15-8-11(16)13-12(14)15/h2-6H,1,7-8H2. The second-order valence-electron chi connectivity index (χ2n) is 3.78. The van der Waals surface area contributed by atoms with Gasteiger partial charge in [-0.15, -0.1) is 6.58 Å². The summed E-state index contributed by atoms with van der Waals surface area (Å²) in [5.41, 5.74) is 2.14. The van der Waals surface area contributed by atoms with Crippen molar-refractivity contribution in [3.05, 3.63) is 36.9 Å². The van der Waals surface area contributed by atoms with Gasteiger partial charge in [0.25, 0.3) is 5.91 Å². The monoisotopic (exact) mass is 213 g/mol. The van der Waals surface area contributed by atoms with E-state index in [-0.39, 0.29) is 5.91 Å². The van der Waals surface area contributed by atoms with E-state index in [1.54, 1.807) is 0 Å². The number of para-hydroxylation sites is 2. The fraction of sp³-hybridized carbons (Fsp3) is 0.167. The van der Waals surface area contributed by atoms with Crippen LogP contribution in [0, 0.1) is 0 Å². The fourth-order valence-corrected chi connectivity index (χ4v) is 2.15. The first-order valence-corrected chi connectivity index (χ1v) is 5.18. The van der Waals surface area contributed by atoms with Crippen molar-refractivity contribution in [1.29, 1.82) is 0 Å². The van der Waals surface area contributed by atoms with Crippen molar-refractivity contribution >= 4 is 23.2 Å². The van der Waals surface area contributed by atoms with Crippen LogP contribution in [-0.4, -0.2) is 25.0 Å². The van der Waals surface area contributed by atoms with Crippen LogP contribution in [-0.2, 0) is 4.79 Å². The van der Waals surface area contributed by atoms with Gasteiger partial charge in [0.1, 0.15) is 6.54 Å². The predicted molar refractivity (Wildman–Crippen MR) is 63.8 cm³/mol. The molecule has 80 valence electrons. The zero-order valence-electron chi connectivity index (χ0n) is 8.76. The molecule has 2 aliphatic rings. The summed E-state index contributed by atoms with van der Waals surface area (Å²) in [6.07, 6.45) is 1.81. The minimum absolute atomic E-state index is 0.0847. The molecule has 0 radical (unpaired) electrons. The van der Waals surface area contributed by atoms with Gasteiger partial charge in [-0.05, 0) is 12.1 Å². The van der Waals surface area contributed by atoms with E-state index in [4.69, 9.17) is 0 Å². The van der Waals surface area contributed by atoms with Crippen molar-refractivity contribution in [1.82, 2.24) is 0 Å². The molecule has 4 nitrogen and oxygen atoms in total.